The van der Waals surface area contributed by atoms with E-state index in [0.717, 1.165) is 36.1 Å². The van der Waals surface area contributed by atoms with Crippen molar-refractivity contribution in [1.29, 1.82) is 0 Å². The Morgan fingerprint density at radius 2 is 1.92 bits per heavy atom. The number of methoxy groups -OCH3 is 2. The highest BCUT2D eigenvalue weighted by molar-refractivity contribution is 5.82. The number of rotatable bonds is 5. The third-order valence-electron chi connectivity index (χ3n) is 5.36. The van der Waals surface area contributed by atoms with Crippen LogP contribution in [0.5, 0.6) is 11.5 Å². The molecule has 2 rings (SSSR count). The maximum atomic E-state index is 5.51. The number of para-hydroxylation sites is 1. The molecule has 134 valence electrons. The van der Waals surface area contributed by atoms with Crippen LogP contribution in [0.2, 0.25) is 0 Å². The Morgan fingerprint density at radius 3 is 2.42 bits per heavy atom. The van der Waals surface area contributed by atoms with Gasteiger partial charge in [0.15, 0.2) is 17.5 Å². The maximum Gasteiger partial charge on any atom is 0.194 e. The molecule has 0 bridgehead atoms. The van der Waals surface area contributed by atoms with Gasteiger partial charge in [-0.3, -0.25) is 0 Å². The third kappa shape index (κ3) is 3.17. The van der Waals surface area contributed by atoms with Gasteiger partial charge >= 0.3 is 0 Å². The molecule has 0 aromatic heterocycles. The number of likely N-dealkylation sites (tertiary alicyclic amines) is 1. The third-order valence-corrected chi connectivity index (χ3v) is 5.36. The van der Waals surface area contributed by atoms with Crippen LogP contribution in [-0.4, -0.2) is 43.7 Å². The van der Waals surface area contributed by atoms with E-state index in [1.807, 2.05) is 18.2 Å². The number of guanidine groups is 1. The van der Waals surface area contributed by atoms with Gasteiger partial charge in [-0.25, -0.2) is 4.99 Å². The minimum absolute atomic E-state index is 0.0759. The molecule has 5 heteroatoms. The first-order chi connectivity index (χ1) is 11.3. The largest absolute Gasteiger partial charge is 0.493 e. The van der Waals surface area contributed by atoms with E-state index in [1.165, 1.54) is 0 Å². The predicted molar refractivity (Wildman–Crippen MR) is 98.9 cm³/mol. The van der Waals surface area contributed by atoms with Crippen molar-refractivity contribution in [3.05, 3.63) is 23.8 Å². The zero-order valence-corrected chi connectivity index (χ0v) is 16.1. The summed E-state index contributed by atoms with van der Waals surface area (Å²) in [4.78, 5) is 7.20. The van der Waals surface area contributed by atoms with Crippen LogP contribution in [0.1, 0.15) is 40.2 Å². The Balaban J connectivity index is 2.25. The van der Waals surface area contributed by atoms with Crippen LogP contribution < -0.4 is 14.8 Å². The van der Waals surface area contributed by atoms with Gasteiger partial charge in [0.2, 0.25) is 0 Å². The molecule has 0 atom stereocenters. The first kappa shape index (κ1) is 18.4. The van der Waals surface area contributed by atoms with Crippen molar-refractivity contribution < 1.29 is 9.47 Å². The van der Waals surface area contributed by atoms with Crippen LogP contribution in [0.25, 0.3) is 0 Å². The van der Waals surface area contributed by atoms with Crippen molar-refractivity contribution in [3.63, 3.8) is 0 Å². The molecule has 1 fully saturated rings. The number of hydrogen-bond donors (Lipinski definition) is 1. The van der Waals surface area contributed by atoms with Gasteiger partial charge < -0.3 is 19.7 Å². The topological polar surface area (TPSA) is 46.1 Å². The Bertz CT molecular complexity index is 609. The second-order valence-corrected chi connectivity index (χ2v) is 7.35. The number of aliphatic imine (C=N–C) groups is 1. The van der Waals surface area contributed by atoms with Crippen LogP contribution in [0.4, 0.5) is 0 Å². The predicted octanol–water partition coefficient (Wildman–Crippen LogP) is 3.29. The molecule has 0 aliphatic carbocycles. The summed E-state index contributed by atoms with van der Waals surface area (Å²) in [5.74, 6) is 2.44. The molecule has 1 aromatic rings. The van der Waals surface area contributed by atoms with Crippen molar-refractivity contribution in [1.82, 2.24) is 10.2 Å². The average molecular weight is 333 g/mol. The molecule has 5 nitrogen and oxygen atoms in total. The molecule has 24 heavy (non-hydrogen) atoms. The van der Waals surface area contributed by atoms with Gasteiger partial charge in [-0.15, -0.1) is 0 Å². The lowest BCUT2D eigenvalue weighted by Crippen LogP contribution is -2.72. The average Bonchev–Trinajstić information content (AvgIpc) is 2.56. The highest BCUT2D eigenvalue weighted by Crippen LogP contribution is 2.46. The second-order valence-electron chi connectivity index (χ2n) is 7.35. The van der Waals surface area contributed by atoms with Crippen LogP contribution in [0, 0.1) is 5.41 Å². The molecule has 0 spiro atoms. The van der Waals surface area contributed by atoms with E-state index < -0.39 is 0 Å². The monoisotopic (exact) mass is 333 g/mol. The zero-order valence-electron chi connectivity index (χ0n) is 16.1. The summed E-state index contributed by atoms with van der Waals surface area (Å²) in [6, 6.07) is 5.90. The summed E-state index contributed by atoms with van der Waals surface area (Å²) in [5.41, 5.74) is 1.37. The van der Waals surface area contributed by atoms with Gasteiger partial charge in [0.25, 0.3) is 0 Å². The Hall–Kier alpha value is -1.91. The van der Waals surface area contributed by atoms with Gasteiger partial charge in [-0.2, -0.15) is 0 Å². The van der Waals surface area contributed by atoms with E-state index in [1.54, 1.807) is 14.2 Å². The molecule has 1 aliphatic rings. The SMILES string of the molecule is CCNC(=NCc1cccc(OC)c1OC)N1CC(C)(C)C1(C)C. The van der Waals surface area contributed by atoms with Crippen molar-refractivity contribution in [2.45, 2.75) is 46.7 Å². The fourth-order valence-electron chi connectivity index (χ4n) is 3.03. The summed E-state index contributed by atoms with van der Waals surface area (Å²) in [7, 11) is 3.32. The lowest BCUT2D eigenvalue weighted by atomic mass is 9.65. The van der Waals surface area contributed by atoms with Gasteiger partial charge in [0.05, 0.1) is 20.8 Å². The quantitative estimate of drug-likeness (QED) is 0.663. The van der Waals surface area contributed by atoms with Crippen molar-refractivity contribution in [2.75, 3.05) is 27.3 Å². The molecular weight excluding hydrogens is 302 g/mol. The summed E-state index contributed by atoms with van der Waals surface area (Å²) in [6.45, 7) is 13.7. The Morgan fingerprint density at radius 1 is 1.21 bits per heavy atom. The lowest BCUT2D eigenvalue weighted by molar-refractivity contribution is -0.0667. The molecule has 1 N–H and O–H groups in total. The summed E-state index contributed by atoms with van der Waals surface area (Å²) < 4.78 is 10.9. The maximum absolute atomic E-state index is 5.51. The highest BCUT2D eigenvalue weighted by Gasteiger charge is 2.53. The highest BCUT2D eigenvalue weighted by atomic mass is 16.5. The van der Waals surface area contributed by atoms with Crippen molar-refractivity contribution >= 4 is 5.96 Å². The van der Waals surface area contributed by atoms with Crippen LogP contribution >= 0.6 is 0 Å². The number of nitrogens with zero attached hydrogens (tertiary/aromatic N) is 2. The molecule has 0 saturated carbocycles. The number of nitrogens with one attached hydrogen (secondary N) is 1. The fraction of sp³-hybridized carbons (Fsp3) is 0.632. The van der Waals surface area contributed by atoms with Crippen molar-refractivity contribution in [3.8, 4) is 11.5 Å². The molecule has 0 unspecified atom stereocenters. The fourth-order valence-corrected chi connectivity index (χ4v) is 3.03. The first-order valence-electron chi connectivity index (χ1n) is 8.54. The summed E-state index contributed by atoms with van der Waals surface area (Å²) >= 11 is 0. The van der Waals surface area contributed by atoms with E-state index in [9.17, 15) is 0 Å². The van der Waals surface area contributed by atoms with E-state index in [0.29, 0.717) is 6.54 Å². The number of benzene rings is 1. The first-order valence-corrected chi connectivity index (χ1v) is 8.54. The Labute approximate surface area is 146 Å². The molecule has 0 radical (unpaired) electrons. The van der Waals surface area contributed by atoms with Gasteiger partial charge in [-0.05, 0) is 26.8 Å². The Kier molecular flexibility index (Phi) is 5.31. The van der Waals surface area contributed by atoms with E-state index in [2.05, 4.69) is 44.8 Å². The summed E-state index contributed by atoms with van der Waals surface area (Å²) in [6.07, 6.45) is 0. The smallest absolute Gasteiger partial charge is 0.194 e. The minimum Gasteiger partial charge on any atom is -0.493 e. The molecule has 1 aromatic carbocycles. The molecular formula is C19H31N3O2. The zero-order chi connectivity index (χ0) is 18.0. The van der Waals surface area contributed by atoms with E-state index in [-0.39, 0.29) is 11.0 Å². The van der Waals surface area contributed by atoms with Gasteiger partial charge in [0.1, 0.15) is 0 Å². The van der Waals surface area contributed by atoms with Crippen LogP contribution in [0.15, 0.2) is 23.2 Å². The molecule has 1 saturated heterocycles. The summed E-state index contributed by atoms with van der Waals surface area (Å²) in [5, 5.41) is 3.42. The molecule has 1 aliphatic heterocycles. The van der Waals surface area contributed by atoms with Crippen LogP contribution in [0.3, 0.4) is 0 Å². The lowest BCUT2D eigenvalue weighted by Gasteiger charge is -2.62. The minimum atomic E-state index is 0.0759. The number of hydrogen-bond acceptors (Lipinski definition) is 3. The van der Waals surface area contributed by atoms with Crippen LogP contribution in [-0.2, 0) is 6.54 Å². The normalized spacial score (nSPS) is 18.8. The second kappa shape index (κ2) is 6.91. The molecule has 0 amide bonds. The van der Waals surface area contributed by atoms with Gasteiger partial charge in [0, 0.05) is 29.6 Å². The van der Waals surface area contributed by atoms with E-state index >= 15 is 0 Å². The standard InChI is InChI=1S/C19H31N3O2/c1-8-20-17(22-13-18(2,3)19(22,4)5)21-12-14-10-9-11-15(23-6)16(14)24-7/h9-11H,8,12-13H2,1-7H3,(H,20,21). The number of ether oxygens (including phenoxy) is 2. The van der Waals surface area contributed by atoms with E-state index in [4.69, 9.17) is 14.5 Å². The van der Waals surface area contributed by atoms with Crippen molar-refractivity contribution in [2.24, 2.45) is 10.4 Å². The molecule has 1 heterocycles. The van der Waals surface area contributed by atoms with Gasteiger partial charge in [-0.1, -0.05) is 26.0 Å².